The van der Waals surface area contributed by atoms with Gasteiger partial charge in [0.1, 0.15) is 12.1 Å². The maximum Gasteiger partial charge on any atom is 0.163 e. The summed E-state index contributed by atoms with van der Waals surface area (Å²) in [5, 5.41) is 11.5. The molecule has 1 N–H and O–H groups in total. The van der Waals surface area contributed by atoms with Crippen molar-refractivity contribution in [3.8, 4) is 0 Å². The van der Waals surface area contributed by atoms with Crippen LogP contribution in [0, 0.1) is 0 Å². The van der Waals surface area contributed by atoms with Gasteiger partial charge in [-0.3, -0.25) is 4.68 Å². The van der Waals surface area contributed by atoms with Crippen LogP contribution < -0.4 is 5.32 Å². The molecule has 0 aromatic carbocycles. The van der Waals surface area contributed by atoms with Gasteiger partial charge in [0.05, 0.1) is 16.6 Å². The molecule has 0 aliphatic carbocycles. The molecule has 0 spiro atoms. The molecule has 0 saturated carbocycles. The fourth-order valence-electron chi connectivity index (χ4n) is 1.77. The first-order valence-electron chi connectivity index (χ1n) is 5.59. The van der Waals surface area contributed by atoms with Crippen molar-refractivity contribution in [3.63, 3.8) is 0 Å². The van der Waals surface area contributed by atoms with E-state index in [1.165, 1.54) is 0 Å². The van der Waals surface area contributed by atoms with E-state index >= 15 is 0 Å². The van der Waals surface area contributed by atoms with Gasteiger partial charge in [-0.15, -0.1) is 11.3 Å². The molecular weight excluding hydrogens is 248 g/mol. The lowest BCUT2D eigenvalue weighted by Crippen LogP contribution is -2.06. The molecule has 18 heavy (non-hydrogen) atoms. The average molecular weight is 260 g/mol. The average Bonchev–Trinajstić information content (AvgIpc) is 3.01. The molecular formula is C11H12N6S. The molecule has 0 unspecified atom stereocenters. The summed E-state index contributed by atoms with van der Waals surface area (Å²) >= 11 is 1.67. The number of rotatable bonds is 4. The highest BCUT2D eigenvalue weighted by Crippen LogP contribution is 2.17. The largest absolute Gasteiger partial charge is 0.369 e. The Morgan fingerprint density at radius 2 is 2.28 bits per heavy atom. The third kappa shape index (κ3) is 2.04. The highest BCUT2D eigenvalue weighted by molar-refractivity contribution is 7.09. The summed E-state index contributed by atoms with van der Waals surface area (Å²) in [5.41, 5.74) is 0.835. The maximum absolute atomic E-state index is 4.25. The van der Waals surface area contributed by atoms with Gasteiger partial charge in [-0.2, -0.15) is 5.10 Å². The van der Waals surface area contributed by atoms with Gasteiger partial charge >= 0.3 is 0 Å². The van der Waals surface area contributed by atoms with Gasteiger partial charge in [0.25, 0.3) is 0 Å². The Hall–Kier alpha value is -2.02. The second kappa shape index (κ2) is 4.69. The summed E-state index contributed by atoms with van der Waals surface area (Å²) in [5.74, 6) is 0.824. The second-order valence-corrected chi connectivity index (χ2v) is 4.81. The molecule has 0 radical (unpaired) electrons. The SMILES string of the molecule is Cn1ncc2c(NCCc3nccs3)ncnc21. The predicted molar refractivity (Wildman–Crippen MR) is 70.6 cm³/mol. The Labute approximate surface area is 108 Å². The zero-order valence-electron chi connectivity index (χ0n) is 9.87. The van der Waals surface area contributed by atoms with Crippen LogP contribution >= 0.6 is 11.3 Å². The van der Waals surface area contributed by atoms with E-state index in [9.17, 15) is 0 Å². The van der Waals surface area contributed by atoms with Crippen LogP contribution in [0.2, 0.25) is 0 Å². The first kappa shape index (κ1) is 11.1. The number of hydrogen-bond acceptors (Lipinski definition) is 6. The third-order valence-corrected chi connectivity index (χ3v) is 3.48. The fourth-order valence-corrected chi connectivity index (χ4v) is 2.39. The minimum atomic E-state index is 0.800. The number of nitrogens with one attached hydrogen (secondary N) is 1. The van der Waals surface area contributed by atoms with Crippen LogP contribution in [0.5, 0.6) is 0 Å². The number of nitrogens with zero attached hydrogens (tertiary/aromatic N) is 5. The zero-order chi connectivity index (χ0) is 12.4. The van der Waals surface area contributed by atoms with E-state index in [2.05, 4.69) is 25.4 Å². The molecule has 0 saturated heterocycles. The number of thiazole rings is 1. The Kier molecular flexibility index (Phi) is 2.89. The van der Waals surface area contributed by atoms with E-state index in [-0.39, 0.29) is 0 Å². The van der Waals surface area contributed by atoms with Crippen molar-refractivity contribution in [3.05, 3.63) is 29.1 Å². The second-order valence-electron chi connectivity index (χ2n) is 3.83. The lowest BCUT2D eigenvalue weighted by molar-refractivity contribution is 0.785. The first-order chi connectivity index (χ1) is 8.84. The number of hydrogen-bond donors (Lipinski definition) is 1. The summed E-state index contributed by atoms with van der Waals surface area (Å²) in [7, 11) is 1.87. The lowest BCUT2D eigenvalue weighted by Gasteiger charge is -2.04. The molecule has 0 bridgehead atoms. The molecule has 0 atom stereocenters. The Balaban J connectivity index is 1.74. The third-order valence-electron chi connectivity index (χ3n) is 2.64. The van der Waals surface area contributed by atoms with E-state index in [0.717, 1.165) is 34.8 Å². The van der Waals surface area contributed by atoms with Crippen LogP contribution in [0.25, 0.3) is 11.0 Å². The maximum atomic E-state index is 4.25. The molecule has 6 nitrogen and oxygen atoms in total. The molecule has 3 heterocycles. The molecule has 92 valence electrons. The van der Waals surface area contributed by atoms with Crippen LogP contribution in [0.3, 0.4) is 0 Å². The monoisotopic (exact) mass is 260 g/mol. The van der Waals surface area contributed by atoms with E-state index in [0.29, 0.717) is 0 Å². The lowest BCUT2D eigenvalue weighted by atomic mass is 10.3. The molecule has 0 aliphatic heterocycles. The van der Waals surface area contributed by atoms with Gasteiger partial charge in [-0.25, -0.2) is 15.0 Å². The fraction of sp³-hybridized carbons (Fsp3) is 0.273. The molecule has 3 rings (SSSR count). The molecule has 3 aromatic heterocycles. The smallest absolute Gasteiger partial charge is 0.163 e. The number of fused-ring (bicyclic) bond motifs is 1. The molecule has 7 heteroatoms. The van der Waals surface area contributed by atoms with Crippen LogP contribution in [-0.2, 0) is 13.5 Å². The molecule has 0 aliphatic rings. The van der Waals surface area contributed by atoms with Gasteiger partial charge in [-0.1, -0.05) is 0 Å². The van der Waals surface area contributed by atoms with Gasteiger partial charge in [-0.05, 0) is 0 Å². The van der Waals surface area contributed by atoms with Crippen molar-refractivity contribution < 1.29 is 0 Å². The van der Waals surface area contributed by atoms with Crippen molar-refractivity contribution in [2.45, 2.75) is 6.42 Å². The number of anilines is 1. The number of aromatic nitrogens is 5. The van der Waals surface area contributed by atoms with Crippen LogP contribution in [0.4, 0.5) is 5.82 Å². The zero-order valence-corrected chi connectivity index (χ0v) is 10.7. The van der Waals surface area contributed by atoms with Crippen molar-refractivity contribution in [1.29, 1.82) is 0 Å². The first-order valence-corrected chi connectivity index (χ1v) is 6.47. The summed E-state index contributed by atoms with van der Waals surface area (Å²) in [4.78, 5) is 12.7. The van der Waals surface area contributed by atoms with Gasteiger partial charge in [0.15, 0.2) is 5.65 Å². The van der Waals surface area contributed by atoms with Crippen LogP contribution in [0.15, 0.2) is 24.1 Å². The minimum absolute atomic E-state index is 0.800. The Morgan fingerprint density at radius 1 is 1.33 bits per heavy atom. The van der Waals surface area contributed by atoms with E-state index in [4.69, 9.17) is 0 Å². The van der Waals surface area contributed by atoms with Gasteiger partial charge < -0.3 is 5.32 Å². The van der Waals surface area contributed by atoms with Gasteiger partial charge in [0.2, 0.25) is 0 Å². The summed E-state index contributed by atoms with van der Waals surface area (Å²) < 4.78 is 1.74. The predicted octanol–water partition coefficient (Wildman–Crippen LogP) is 1.47. The quantitative estimate of drug-likeness (QED) is 0.769. The molecule has 3 aromatic rings. The van der Waals surface area contributed by atoms with E-state index in [1.807, 2.05) is 18.6 Å². The van der Waals surface area contributed by atoms with Crippen molar-refractivity contribution in [2.75, 3.05) is 11.9 Å². The Morgan fingerprint density at radius 3 is 3.11 bits per heavy atom. The normalized spacial score (nSPS) is 10.9. The summed E-state index contributed by atoms with van der Waals surface area (Å²) in [6.45, 7) is 0.800. The molecule has 0 amide bonds. The van der Waals surface area contributed by atoms with Crippen molar-refractivity contribution >= 4 is 28.2 Å². The molecule has 0 fully saturated rings. The minimum Gasteiger partial charge on any atom is -0.369 e. The topological polar surface area (TPSA) is 68.5 Å². The Bertz CT molecular complexity index is 645. The standard InChI is InChI=1S/C11H12N6S/c1-17-11-8(6-16-17)10(14-7-15-11)13-3-2-9-12-4-5-18-9/h4-7H,2-3H2,1H3,(H,13,14,15). The number of aryl methyl sites for hydroxylation is 1. The summed E-state index contributed by atoms with van der Waals surface area (Å²) in [6, 6.07) is 0. The highest BCUT2D eigenvalue weighted by atomic mass is 32.1. The van der Waals surface area contributed by atoms with Crippen LogP contribution in [-0.4, -0.2) is 31.3 Å². The summed E-state index contributed by atoms with van der Waals surface area (Å²) in [6.07, 6.45) is 6.05. The van der Waals surface area contributed by atoms with Gasteiger partial charge in [0, 0.05) is 31.6 Å². The van der Waals surface area contributed by atoms with Crippen LogP contribution in [0.1, 0.15) is 5.01 Å². The van der Waals surface area contributed by atoms with E-state index in [1.54, 1.807) is 28.5 Å². The highest BCUT2D eigenvalue weighted by Gasteiger charge is 2.07. The van der Waals surface area contributed by atoms with E-state index < -0.39 is 0 Å². The van der Waals surface area contributed by atoms with Crippen molar-refractivity contribution in [1.82, 2.24) is 24.7 Å². The van der Waals surface area contributed by atoms with Crippen molar-refractivity contribution in [2.24, 2.45) is 7.05 Å².